The molecule has 0 heterocycles. The van der Waals surface area contributed by atoms with Crippen LogP contribution in [0.2, 0.25) is 0 Å². The van der Waals surface area contributed by atoms with Gasteiger partial charge in [-0.2, -0.15) is 0 Å². The van der Waals surface area contributed by atoms with Gasteiger partial charge in [0.15, 0.2) is 6.61 Å². The molecule has 10 heteroatoms. The lowest BCUT2D eigenvalue weighted by atomic mass is 10.2. The molecule has 0 fully saturated rings. The molecule has 2 rings (SSSR count). The van der Waals surface area contributed by atoms with Crippen molar-refractivity contribution < 1.29 is 27.5 Å². The Bertz CT molecular complexity index is 974. The average Bonchev–Trinajstić information content (AvgIpc) is 2.66. The minimum Gasteiger partial charge on any atom is -0.497 e. The van der Waals surface area contributed by atoms with Gasteiger partial charge in [-0.25, -0.2) is 17.5 Å². The molecule has 2 aromatic carbocycles. The van der Waals surface area contributed by atoms with Crippen LogP contribution in [-0.4, -0.2) is 52.4 Å². The maximum absolute atomic E-state index is 12.2. The molecule has 0 aliphatic carbocycles. The number of rotatable bonds is 7. The molecule has 0 saturated heterocycles. The fourth-order valence-electron chi connectivity index (χ4n) is 2.11. The first kappa shape index (κ1) is 21.9. The number of carbonyl (C=O) groups excluding carboxylic acids is 2. The van der Waals surface area contributed by atoms with Gasteiger partial charge in [0, 0.05) is 24.3 Å². The number of benzene rings is 2. The zero-order valence-corrected chi connectivity index (χ0v) is 17.8. The van der Waals surface area contributed by atoms with Crippen molar-refractivity contribution in [3.05, 3.63) is 52.5 Å². The third-order valence-corrected chi connectivity index (χ3v) is 6.17. The van der Waals surface area contributed by atoms with Crippen molar-refractivity contribution in [2.24, 2.45) is 0 Å². The lowest BCUT2D eigenvalue weighted by Crippen LogP contribution is -2.22. The number of nitrogens with one attached hydrogen (secondary N) is 1. The van der Waals surface area contributed by atoms with Crippen LogP contribution in [0.5, 0.6) is 5.75 Å². The van der Waals surface area contributed by atoms with E-state index in [4.69, 9.17) is 9.47 Å². The van der Waals surface area contributed by atoms with Gasteiger partial charge in [0.1, 0.15) is 5.75 Å². The number of ether oxygens (including phenoxy) is 2. The van der Waals surface area contributed by atoms with Crippen LogP contribution in [0.4, 0.5) is 5.69 Å². The molecule has 0 unspecified atom stereocenters. The van der Waals surface area contributed by atoms with Crippen molar-refractivity contribution in [2.75, 3.05) is 33.1 Å². The average molecular weight is 471 g/mol. The maximum Gasteiger partial charge on any atom is 0.339 e. The van der Waals surface area contributed by atoms with Crippen LogP contribution in [-0.2, 0) is 19.6 Å². The van der Waals surface area contributed by atoms with Crippen LogP contribution in [0.15, 0.2) is 51.8 Å². The first-order valence-electron chi connectivity index (χ1n) is 7.98. The number of hydrogen-bond donors (Lipinski definition) is 1. The van der Waals surface area contributed by atoms with Crippen molar-refractivity contribution in [3.63, 3.8) is 0 Å². The summed E-state index contributed by atoms with van der Waals surface area (Å²) in [5.41, 5.74) is 0.603. The smallest absolute Gasteiger partial charge is 0.339 e. The number of esters is 1. The summed E-state index contributed by atoms with van der Waals surface area (Å²) in [6.07, 6.45) is 0. The summed E-state index contributed by atoms with van der Waals surface area (Å²) >= 11 is 3.24. The van der Waals surface area contributed by atoms with Crippen LogP contribution in [0.1, 0.15) is 10.4 Å². The number of methoxy groups -OCH3 is 1. The number of halogens is 1. The van der Waals surface area contributed by atoms with Gasteiger partial charge in [-0.05, 0) is 58.4 Å². The lowest BCUT2D eigenvalue weighted by Gasteiger charge is -2.12. The van der Waals surface area contributed by atoms with E-state index in [0.717, 1.165) is 4.31 Å². The molecule has 28 heavy (non-hydrogen) atoms. The molecule has 0 atom stereocenters. The first-order chi connectivity index (χ1) is 13.1. The Kier molecular flexibility index (Phi) is 7.17. The Morgan fingerprint density at radius 1 is 1.11 bits per heavy atom. The van der Waals surface area contributed by atoms with Crippen LogP contribution in [0, 0.1) is 0 Å². The molecule has 8 nitrogen and oxygen atoms in total. The third kappa shape index (κ3) is 5.31. The molecule has 0 radical (unpaired) electrons. The molecule has 0 aliphatic rings. The van der Waals surface area contributed by atoms with Gasteiger partial charge in [0.2, 0.25) is 10.0 Å². The minimum atomic E-state index is -3.55. The maximum atomic E-state index is 12.2. The van der Waals surface area contributed by atoms with Gasteiger partial charge in [0.25, 0.3) is 5.91 Å². The van der Waals surface area contributed by atoms with Gasteiger partial charge in [-0.15, -0.1) is 0 Å². The van der Waals surface area contributed by atoms with Crippen molar-refractivity contribution in [1.29, 1.82) is 0 Å². The molecule has 0 saturated carbocycles. The summed E-state index contributed by atoms with van der Waals surface area (Å²) in [6.45, 7) is -0.500. The fourth-order valence-corrected chi connectivity index (χ4v) is 3.42. The Morgan fingerprint density at radius 3 is 2.32 bits per heavy atom. The second-order valence-electron chi connectivity index (χ2n) is 5.78. The van der Waals surface area contributed by atoms with Gasteiger partial charge in [0.05, 0.1) is 17.6 Å². The quantitative estimate of drug-likeness (QED) is 0.623. The molecule has 2 aromatic rings. The Labute approximate surface area is 171 Å². The first-order valence-corrected chi connectivity index (χ1v) is 10.2. The van der Waals surface area contributed by atoms with Crippen molar-refractivity contribution >= 4 is 43.5 Å². The summed E-state index contributed by atoms with van der Waals surface area (Å²) in [5.74, 6) is -0.767. The number of amides is 1. The van der Waals surface area contributed by atoms with E-state index in [0.29, 0.717) is 15.9 Å². The van der Waals surface area contributed by atoms with Crippen molar-refractivity contribution in [3.8, 4) is 5.75 Å². The third-order valence-electron chi connectivity index (χ3n) is 3.64. The number of sulfonamides is 1. The van der Waals surface area contributed by atoms with Crippen LogP contribution < -0.4 is 10.1 Å². The van der Waals surface area contributed by atoms with E-state index in [-0.39, 0.29) is 10.5 Å². The van der Waals surface area contributed by atoms with Gasteiger partial charge >= 0.3 is 5.97 Å². The minimum absolute atomic E-state index is 0.102. The highest BCUT2D eigenvalue weighted by Crippen LogP contribution is 2.23. The van der Waals surface area contributed by atoms with Crippen LogP contribution in [0.3, 0.4) is 0 Å². The molecule has 0 spiro atoms. The van der Waals surface area contributed by atoms with Crippen LogP contribution >= 0.6 is 15.9 Å². The Hall–Kier alpha value is -2.43. The predicted molar refractivity (Wildman–Crippen MR) is 107 cm³/mol. The zero-order chi connectivity index (χ0) is 20.9. The summed E-state index contributed by atoms with van der Waals surface area (Å²) in [7, 11) is 0.787. The molecular weight excluding hydrogens is 452 g/mol. The molecular formula is C18H19BrN2O6S. The van der Waals surface area contributed by atoms with E-state index in [1.54, 1.807) is 12.1 Å². The number of hydrogen-bond acceptors (Lipinski definition) is 6. The summed E-state index contributed by atoms with van der Waals surface area (Å²) in [4.78, 5) is 24.2. The summed E-state index contributed by atoms with van der Waals surface area (Å²) in [5, 5.41) is 2.53. The van der Waals surface area contributed by atoms with Gasteiger partial charge in [-0.1, -0.05) is 0 Å². The molecule has 150 valence electrons. The van der Waals surface area contributed by atoms with E-state index in [9.17, 15) is 18.0 Å². The lowest BCUT2D eigenvalue weighted by molar-refractivity contribution is -0.119. The van der Waals surface area contributed by atoms with E-state index in [1.165, 1.54) is 51.5 Å². The standard InChI is InChI=1S/C18H19BrN2O6S/c1-21(2)28(24,25)14-7-4-12(5-8-14)20-17(22)11-27-18(23)15-10-13(26-3)6-9-16(15)19/h4-10H,11H2,1-3H3,(H,20,22). The van der Waals surface area contributed by atoms with E-state index in [1.807, 2.05) is 0 Å². The SMILES string of the molecule is COc1ccc(Br)c(C(=O)OCC(=O)Nc2ccc(S(=O)(=O)N(C)C)cc2)c1. The van der Waals surface area contributed by atoms with Gasteiger partial charge < -0.3 is 14.8 Å². The monoisotopic (exact) mass is 470 g/mol. The summed E-state index contributed by atoms with van der Waals surface area (Å²) < 4.78 is 35.7. The fraction of sp³-hybridized carbons (Fsp3) is 0.222. The Morgan fingerprint density at radius 2 is 1.75 bits per heavy atom. The number of carbonyl (C=O) groups is 2. The normalized spacial score (nSPS) is 11.2. The topological polar surface area (TPSA) is 102 Å². The van der Waals surface area contributed by atoms with Crippen molar-refractivity contribution in [1.82, 2.24) is 4.31 Å². The highest BCUT2D eigenvalue weighted by molar-refractivity contribution is 9.10. The van der Waals surface area contributed by atoms with Crippen LogP contribution in [0.25, 0.3) is 0 Å². The number of anilines is 1. The van der Waals surface area contributed by atoms with E-state index >= 15 is 0 Å². The van der Waals surface area contributed by atoms with E-state index in [2.05, 4.69) is 21.2 Å². The summed E-state index contributed by atoms with van der Waals surface area (Å²) in [6, 6.07) is 10.5. The molecule has 1 N–H and O–H groups in total. The van der Waals surface area contributed by atoms with E-state index < -0.39 is 28.5 Å². The van der Waals surface area contributed by atoms with Gasteiger partial charge in [-0.3, -0.25) is 4.79 Å². The molecule has 0 aromatic heterocycles. The second-order valence-corrected chi connectivity index (χ2v) is 8.79. The second kappa shape index (κ2) is 9.18. The number of nitrogens with zero attached hydrogens (tertiary/aromatic N) is 1. The molecule has 0 bridgehead atoms. The largest absolute Gasteiger partial charge is 0.497 e. The highest BCUT2D eigenvalue weighted by Gasteiger charge is 2.17. The highest BCUT2D eigenvalue weighted by atomic mass is 79.9. The molecule has 1 amide bonds. The molecule has 0 aliphatic heterocycles. The zero-order valence-electron chi connectivity index (χ0n) is 15.4. The van der Waals surface area contributed by atoms with Crippen molar-refractivity contribution in [2.45, 2.75) is 4.90 Å². The predicted octanol–water partition coefficient (Wildman–Crippen LogP) is 2.50. The Balaban J connectivity index is 1.97.